The van der Waals surface area contributed by atoms with Crippen molar-refractivity contribution in [2.45, 2.75) is 37.6 Å². The zero-order valence-electron chi connectivity index (χ0n) is 17.3. The first-order chi connectivity index (χ1) is 14.8. The Balaban J connectivity index is 1.61. The maximum Gasteiger partial charge on any atom is 0.340 e. The Hall–Kier alpha value is -2.42. The molecular formula is C22H25ClN2O5S. The summed E-state index contributed by atoms with van der Waals surface area (Å²) in [4.78, 5) is 24.4. The second-order valence-corrected chi connectivity index (χ2v) is 9.79. The molecule has 1 aliphatic rings. The van der Waals surface area contributed by atoms with Gasteiger partial charge in [0.25, 0.3) is 5.91 Å². The summed E-state index contributed by atoms with van der Waals surface area (Å²) in [6, 6.07) is 11.6. The number of hydrogen-bond acceptors (Lipinski definition) is 5. The number of ether oxygens (including phenoxy) is 1. The van der Waals surface area contributed by atoms with Crippen LogP contribution in [0.1, 0.15) is 40.7 Å². The lowest BCUT2D eigenvalue weighted by atomic mass is 10.1. The first kappa shape index (κ1) is 23.2. The summed E-state index contributed by atoms with van der Waals surface area (Å²) in [5.41, 5.74) is 1.94. The van der Waals surface area contributed by atoms with Crippen LogP contribution in [0.15, 0.2) is 47.4 Å². The van der Waals surface area contributed by atoms with E-state index in [9.17, 15) is 18.0 Å². The second-order valence-electron chi connectivity index (χ2n) is 7.44. The fourth-order valence-corrected chi connectivity index (χ4v) is 4.98. The first-order valence-electron chi connectivity index (χ1n) is 10.1. The Morgan fingerprint density at radius 3 is 2.42 bits per heavy atom. The highest BCUT2D eigenvalue weighted by molar-refractivity contribution is 7.89. The van der Waals surface area contributed by atoms with E-state index < -0.39 is 28.5 Å². The summed E-state index contributed by atoms with van der Waals surface area (Å²) in [6.45, 7) is 2.68. The van der Waals surface area contributed by atoms with Gasteiger partial charge in [0.1, 0.15) is 0 Å². The molecule has 0 atom stereocenters. The van der Waals surface area contributed by atoms with E-state index in [0.29, 0.717) is 19.6 Å². The second kappa shape index (κ2) is 10.3. The van der Waals surface area contributed by atoms with E-state index in [1.54, 1.807) is 0 Å². The molecule has 3 rings (SSSR count). The van der Waals surface area contributed by atoms with Gasteiger partial charge in [-0.1, -0.05) is 47.9 Å². The summed E-state index contributed by atoms with van der Waals surface area (Å²) in [7, 11) is -3.72. The van der Waals surface area contributed by atoms with Gasteiger partial charge in [0, 0.05) is 19.6 Å². The van der Waals surface area contributed by atoms with Gasteiger partial charge in [0.15, 0.2) is 6.61 Å². The van der Waals surface area contributed by atoms with Crippen molar-refractivity contribution in [1.82, 2.24) is 9.62 Å². The molecule has 2 aromatic rings. The number of esters is 1. The Kier molecular flexibility index (Phi) is 7.69. The van der Waals surface area contributed by atoms with E-state index in [4.69, 9.17) is 16.3 Å². The molecule has 1 aliphatic heterocycles. The zero-order valence-corrected chi connectivity index (χ0v) is 18.8. The number of aryl methyl sites for hydroxylation is 1. The van der Waals surface area contributed by atoms with Gasteiger partial charge < -0.3 is 10.1 Å². The molecule has 31 heavy (non-hydrogen) atoms. The van der Waals surface area contributed by atoms with E-state index in [1.165, 1.54) is 22.5 Å². The molecule has 0 unspecified atom stereocenters. The fourth-order valence-electron chi connectivity index (χ4n) is 3.24. The van der Waals surface area contributed by atoms with Gasteiger partial charge in [-0.25, -0.2) is 13.2 Å². The standard InChI is InChI=1S/C22H25ClN2O5S/c1-16-5-7-17(8-6-16)14-24-21(26)15-30-22(27)19-13-18(9-10-20(19)23)31(28,29)25-11-3-2-4-12-25/h5-10,13H,2-4,11-12,14-15H2,1H3,(H,24,26). The van der Waals surface area contributed by atoms with E-state index in [1.807, 2.05) is 31.2 Å². The summed E-state index contributed by atoms with van der Waals surface area (Å²) < 4.78 is 32.2. The van der Waals surface area contributed by atoms with Crippen LogP contribution in [0.2, 0.25) is 5.02 Å². The van der Waals surface area contributed by atoms with Crippen molar-refractivity contribution in [3.8, 4) is 0 Å². The molecule has 0 saturated carbocycles. The third-order valence-electron chi connectivity index (χ3n) is 5.06. The lowest BCUT2D eigenvalue weighted by Gasteiger charge is -2.26. The van der Waals surface area contributed by atoms with E-state index in [2.05, 4.69) is 5.32 Å². The van der Waals surface area contributed by atoms with Crippen LogP contribution >= 0.6 is 11.6 Å². The average molecular weight is 465 g/mol. The number of sulfonamides is 1. The van der Waals surface area contributed by atoms with E-state index >= 15 is 0 Å². The molecule has 1 fully saturated rings. The topological polar surface area (TPSA) is 92.8 Å². The van der Waals surface area contributed by atoms with Crippen molar-refractivity contribution >= 4 is 33.5 Å². The molecule has 0 bridgehead atoms. The van der Waals surface area contributed by atoms with Crippen LogP contribution in [-0.2, 0) is 26.1 Å². The largest absolute Gasteiger partial charge is 0.452 e. The number of halogens is 1. The van der Waals surface area contributed by atoms with Gasteiger partial charge in [0.2, 0.25) is 10.0 Å². The monoisotopic (exact) mass is 464 g/mol. The smallest absolute Gasteiger partial charge is 0.340 e. The van der Waals surface area contributed by atoms with Crippen molar-refractivity contribution in [2.24, 2.45) is 0 Å². The summed E-state index contributed by atoms with van der Waals surface area (Å²) >= 11 is 6.09. The summed E-state index contributed by atoms with van der Waals surface area (Å²) in [5, 5.41) is 2.72. The Morgan fingerprint density at radius 2 is 1.74 bits per heavy atom. The molecule has 2 aromatic carbocycles. The quantitative estimate of drug-likeness (QED) is 0.634. The van der Waals surface area contributed by atoms with E-state index in [-0.39, 0.29) is 15.5 Å². The number of rotatable bonds is 7. The molecule has 0 aliphatic carbocycles. The van der Waals surface area contributed by atoms with Crippen LogP contribution < -0.4 is 5.32 Å². The normalized spacial score (nSPS) is 14.8. The Morgan fingerprint density at radius 1 is 1.06 bits per heavy atom. The molecule has 9 heteroatoms. The van der Waals surface area contributed by atoms with Crippen molar-refractivity contribution < 1.29 is 22.7 Å². The molecule has 0 aromatic heterocycles. The summed E-state index contributed by atoms with van der Waals surface area (Å²) in [5.74, 6) is -1.33. The maximum atomic E-state index is 12.8. The van der Waals surface area contributed by atoms with Crippen LogP contribution in [0.4, 0.5) is 0 Å². The molecule has 1 saturated heterocycles. The van der Waals surface area contributed by atoms with Gasteiger partial charge in [-0.2, -0.15) is 4.31 Å². The minimum absolute atomic E-state index is 0.0189. The number of amides is 1. The van der Waals surface area contributed by atoms with Crippen LogP contribution in [0.5, 0.6) is 0 Å². The van der Waals surface area contributed by atoms with Crippen molar-refractivity contribution in [1.29, 1.82) is 0 Å². The van der Waals surface area contributed by atoms with Gasteiger partial charge in [-0.15, -0.1) is 0 Å². The number of carbonyl (C=O) groups is 2. The Labute approximate surface area is 187 Å². The van der Waals surface area contributed by atoms with Crippen LogP contribution in [-0.4, -0.2) is 44.3 Å². The molecule has 1 amide bonds. The highest BCUT2D eigenvalue weighted by atomic mass is 35.5. The molecule has 1 N–H and O–H groups in total. The van der Waals surface area contributed by atoms with Crippen molar-refractivity contribution in [2.75, 3.05) is 19.7 Å². The SMILES string of the molecule is Cc1ccc(CNC(=O)COC(=O)c2cc(S(=O)(=O)N3CCCCC3)ccc2Cl)cc1. The highest BCUT2D eigenvalue weighted by Gasteiger charge is 2.27. The molecule has 0 radical (unpaired) electrons. The van der Waals surface area contributed by atoms with Crippen molar-refractivity contribution in [3.63, 3.8) is 0 Å². The molecule has 0 spiro atoms. The molecule has 7 nitrogen and oxygen atoms in total. The third-order valence-corrected chi connectivity index (χ3v) is 7.28. The third kappa shape index (κ3) is 6.06. The number of nitrogens with one attached hydrogen (secondary N) is 1. The van der Waals surface area contributed by atoms with Gasteiger partial charge in [0.05, 0.1) is 15.5 Å². The predicted octanol–water partition coefficient (Wildman–Crippen LogP) is 3.30. The number of hydrogen-bond donors (Lipinski definition) is 1. The van der Waals surface area contributed by atoms with Gasteiger partial charge >= 0.3 is 5.97 Å². The molecule has 1 heterocycles. The number of benzene rings is 2. The molecular weight excluding hydrogens is 440 g/mol. The van der Waals surface area contributed by atoms with Gasteiger partial charge in [-0.3, -0.25) is 4.79 Å². The van der Waals surface area contributed by atoms with Gasteiger partial charge in [-0.05, 0) is 43.5 Å². The number of piperidine rings is 1. The maximum absolute atomic E-state index is 12.8. The highest BCUT2D eigenvalue weighted by Crippen LogP contribution is 2.25. The number of nitrogens with zero attached hydrogens (tertiary/aromatic N) is 1. The number of carbonyl (C=O) groups excluding carboxylic acids is 2. The van der Waals surface area contributed by atoms with E-state index in [0.717, 1.165) is 30.4 Å². The minimum Gasteiger partial charge on any atom is -0.452 e. The van der Waals surface area contributed by atoms with Crippen LogP contribution in [0.25, 0.3) is 0 Å². The summed E-state index contributed by atoms with van der Waals surface area (Å²) in [6.07, 6.45) is 2.61. The fraction of sp³-hybridized carbons (Fsp3) is 0.364. The van der Waals surface area contributed by atoms with Crippen molar-refractivity contribution in [3.05, 3.63) is 64.2 Å². The van der Waals surface area contributed by atoms with Crippen LogP contribution in [0, 0.1) is 6.92 Å². The minimum atomic E-state index is -3.72. The first-order valence-corrected chi connectivity index (χ1v) is 11.9. The zero-order chi connectivity index (χ0) is 22.4. The lowest BCUT2D eigenvalue weighted by molar-refractivity contribution is -0.124. The van der Waals surface area contributed by atoms with Crippen LogP contribution in [0.3, 0.4) is 0 Å². The molecule has 166 valence electrons. The average Bonchev–Trinajstić information content (AvgIpc) is 2.78. The lowest BCUT2D eigenvalue weighted by Crippen LogP contribution is -2.35. The predicted molar refractivity (Wildman–Crippen MR) is 117 cm³/mol. The Bertz CT molecular complexity index is 1050.